The first-order valence-corrected chi connectivity index (χ1v) is 7.13. The second-order valence-corrected chi connectivity index (χ2v) is 5.49. The number of hydrogen-bond acceptors (Lipinski definition) is 5. The first-order valence-electron chi connectivity index (χ1n) is 7.13. The van der Waals surface area contributed by atoms with Gasteiger partial charge in [0.1, 0.15) is 5.82 Å². The van der Waals surface area contributed by atoms with Crippen molar-refractivity contribution in [2.24, 2.45) is 0 Å². The van der Waals surface area contributed by atoms with E-state index in [-0.39, 0.29) is 5.97 Å². The van der Waals surface area contributed by atoms with E-state index in [1.807, 2.05) is 6.07 Å². The Balaban J connectivity index is 1.76. The van der Waals surface area contributed by atoms with Crippen LogP contribution in [0.4, 0.5) is 0 Å². The Morgan fingerprint density at radius 1 is 1.33 bits per heavy atom. The van der Waals surface area contributed by atoms with Gasteiger partial charge in [0.05, 0.1) is 30.3 Å². The molecule has 1 aliphatic rings. The van der Waals surface area contributed by atoms with Crippen molar-refractivity contribution in [3.8, 4) is 0 Å². The number of hydrogen-bond donors (Lipinski definition) is 1. The average Bonchev–Trinajstić information content (AvgIpc) is 2.90. The third-order valence-corrected chi connectivity index (χ3v) is 3.92. The molecule has 2 heterocycles. The molecule has 0 unspecified atom stereocenters. The zero-order chi connectivity index (χ0) is 14.8. The van der Waals surface area contributed by atoms with Gasteiger partial charge in [-0.3, -0.25) is 4.90 Å². The van der Waals surface area contributed by atoms with Crippen molar-refractivity contribution in [2.45, 2.75) is 6.54 Å². The molecule has 6 heteroatoms. The molecule has 0 saturated carbocycles. The lowest BCUT2D eigenvalue weighted by atomic mass is 10.2. The molecule has 3 rings (SSSR count). The molecule has 1 aliphatic heterocycles. The Kier molecular flexibility index (Phi) is 3.90. The number of fused-ring (bicyclic) bond motifs is 1. The molecule has 1 fully saturated rings. The summed E-state index contributed by atoms with van der Waals surface area (Å²) < 4.78 is 4.74. The molecule has 1 aromatic heterocycles. The predicted octanol–water partition coefficient (Wildman–Crippen LogP) is 1.10. The Bertz CT molecular complexity index is 644. The fourth-order valence-corrected chi connectivity index (χ4v) is 2.60. The van der Waals surface area contributed by atoms with Gasteiger partial charge in [-0.2, -0.15) is 0 Å². The summed E-state index contributed by atoms with van der Waals surface area (Å²) in [6, 6.07) is 5.39. The summed E-state index contributed by atoms with van der Waals surface area (Å²) in [4.78, 5) is 24.1. The van der Waals surface area contributed by atoms with Gasteiger partial charge < -0.3 is 14.6 Å². The number of carbonyl (C=O) groups excluding carboxylic acids is 1. The van der Waals surface area contributed by atoms with Crippen molar-refractivity contribution in [1.82, 2.24) is 19.8 Å². The lowest BCUT2D eigenvalue weighted by Gasteiger charge is -2.31. The van der Waals surface area contributed by atoms with Crippen LogP contribution < -0.4 is 0 Å². The van der Waals surface area contributed by atoms with E-state index in [9.17, 15) is 4.79 Å². The monoisotopic (exact) mass is 288 g/mol. The van der Waals surface area contributed by atoms with Gasteiger partial charge in [-0.25, -0.2) is 9.78 Å². The molecule has 1 aromatic carbocycles. The first-order chi connectivity index (χ1) is 10.2. The maximum Gasteiger partial charge on any atom is 0.337 e. The summed E-state index contributed by atoms with van der Waals surface area (Å²) in [5, 5.41) is 0. The molecule has 0 atom stereocenters. The van der Waals surface area contributed by atoms with Crippen LogP contribution in [0.2, 0.25) is 0 Å². The molecule has 0 aliphatic carbocycles. The number of rotatable bonds is 3. The molecule has 0 radical (unpaired) electrons. The van der Waals surface area contributed by atoms with Crippen LogP contribution in [0.15, 0.2) is 18.2 Å². The summed E-state index contributed by atoms with van der Waals surface area (Å²) in [5.41, 5.74) is 2.30. The van der Waals surface area contributed by atoms with E-state index in [0.29, 0.717) is 5.56 Å². The molecule has 1 N–H and O–H groups in total. The molecule has 2 aromatic rings. The molecular formula is C15H20N4O2. The number of ether oxygens (including phenoxy) is 1. The summed E-state index contributed by atoms with van der Waals surface area (Å²) in [6.07, 6.45) is 0. The normalized spacial score (nSPS) is 17.2. The Morgan fingerprint density at radius 3 is 2.81 bits per heavy atom. The van der Waals surface area contributed by atoms with Crippen molar-refractivity contribution >= 4 is 17.0 Å². The molecule has 6 nitrogen and oxygen atoms in total. The van der Waals surface area contributed by atoms with E-state index in [2.05, 4.69) is 26.8 Å². The Hall–Kier alpha value is -1.92. The highest BCUT2D eigenvalue weighted by atomic mass is 16.5. The zero-order valence-electron chi connectivity index (χ0n) is 12.4. The van der Waals surface area contributed by atoms with E-state index in [4.69, 9.17) is 4.74 Å². The minimum atomic E-state index is -0.327. The van der Waals surface area contributed by atoms with E-state index >= 15 is 0 Å². The number of piperazine rings is 1. The Labute approximate surface area is 123 Å². The van der Waals surface area contributed by atoms with Crippen LogP contribution in [0.1, 0.15) is 16.2 Å². The number of likely N-dealkylation sites (N-methyl/N-ethyl adjacent to an activating group) is 1. The smallest absolute Gasteiger partial charge is 0.337 e. The van der Waals surface area contributed by atoms with Crippen LogP contribution in [0.3, 0.4) is 0 Å². The van der Waals surface area contributed by atoms with Gasteiger partial charge in [-0.15, -0.1) is 0 Å². The van der Waals surface area contributed by atoms with Gasteiger partial charge in [0.25, 0.3) is 0 Å². The molecule has 0 bridgehead atoms. The lowest BCUT2D eigenvalue weighted by molar-refractivity contribution is 0.0601. The van der Waals surface area contributed by atoms with Gasteiger partial charge in [0, 0.05) is 26.2 Å². The van der Waals surface area contributed by atoms with E-state index < -0.39 is 0 Å². The van der Waals surface area contributed by atoms with Crippen LogP contribution in [0.25, 0.3) is 11.0 Å². The van der Waals surface area contributed by atoms with Gasteiger partial charge in [-0.05, 0) is 25.2 Å². The van der Waals surface area contributed by atoms with Gasteiger partial charge in [0.2, 0.25) is 0 Å². The quantitative estimate of drug-likeness (QED) is 0.857. The van der Waals surface area contributed by atoms with Crippen LogP contribution >= 0.6 is 0 Å². The number of imidazole rings is 1. The van der Waals surface area contributed by atoms with Crippen LogP contribution in [-0.2, 0) is 11.3 Å². The molecule has 0 amide bonds. The van der Waals surface area contributed by atoms with Gasteiger partial charge in [0.15, 0.2) is 0 Å². The standard InChI is InChI=1S/C15H20N4O2/c1-18-5-7-19(8-6-18)10-14-16-12-4-3-11(15(20)21-2)9-13(12)17-14/h3-4,9H,5-8,10H2,1-2H3,(H,16,17). The lowest BCUT2D eigenvalue weighted by Crippen LogP contribution is -2.44. The van der Waals surface area contributed by atoms with E-state index in [1.165, 1.54) is 7.11 Å². The second kappa shape index (κ2) is 5.83. The number of nitrogens with one attached hydrogen (secondary N) is 1. The van der Waals surface area contributed by atoms with Crippen molar-refractivity contribution in [3.05, 3.63) is 29.6 Å². The van der Waals surface area contributed by atoms with Crippen molar-refractivity contribution in [2.75, 3.05) is 40.3 Å². The fourth-order valence-electron chi connectivity index (χ4n) is 2.60. The molecule has 0 spiro atoms. The second-order valence-electron chi connectivity index (χ2n) is 5.49. The van der Waals surface area contributed by atoms with Gasteiger partial charge in [-0.1, -0.05) is 0 Å². The average molecular weight is 288 g/mol. The number of esters is 1. The number of benzene rings is 1. The highest BCUT2D eigenvalue weighted by Gasteiger charge is 2.16. The minimum absolute atomic E-state index is 0.327. The van der Waals surface area contributed by atoms with Crippen LogP contribution in [0, 0.1) is 0 Å². The number of aromatic nitrogens is 2. The number of nitrogens with zero attached hydrogens (tertiary/aromatic N) is 3. The minimum Gasteiger partial charge on any atom is -0.465 e. The van der Waals surface area contributed by atoms with Gasteiger partial charge >= 0.3 is 5.97 Å². The zero-order valence-corrected chi connectivity index (χ0v) is 12.4. The van der Waals surface area contributed by atoms with E-state index in [0.717, 1.165) is 49.6 Å². The van der Waals surface area contributed by atoms with E-state index in [1.54, 1.807) is 12.1 Å². The highest BCUT2D eigenvalue weighted by molar-refractivity contribution is 5.93. The maximum absolute atomic E-state index is 11.5. The van der Waals surface area contributed by atoms with Crippen molar-refractivity contribution < 1.29 is 9.53 Å². The SMILES string of the molecule is COC(=O)c1ccc2nc(CN3CCN(C)CC3)[nH]c2c1. The number of methoxy groups -OCH3 is 1. The van der Waals surface area contributed by atoms with Crippen molar-refractivity contribution in [1.29, 1.82) is 0 Å². The Morgan fingerprint density at radius 2 is 2.10 bits per heavy atom. The number of aromatic amines is 1. The molecular weight excluding hydrogens is 268 g/mol. The largest absolute Gasteiger partial charge is 0.465 e. The molecule has 1 saturated heterocycles. The summed E-state index contributed by atoms with van der Waals surface area (Å²) in [7, 11) is 3.53. The maximum atomic E-state index is 11.5. The summed E-state index contributed by atoms with van der Waals surface area (Å²) >= 11 is 0. The van der Waals surface area contributed by atoms with Crippen LogP contribution in [-0.4, -0.2) is 66.1 Å². The summed E-state index contributed by atoms with van der Waals surface area (Å²) in [6.45, 7) is 5.11. The fraction of sp³-hybridized carbons (Fsp3) is 0.467. The highest BCUT2D eigenvalue weighted by Crippen LogP contribution is 2.16. The third-order valence-electron chi connectivity index (χ3n) is 3.92. The molecule has 112 valence electrons. The predicted molar refractivity (Wildman–Crippen MR) is 80.2 cm³/mol. The first kappa shape index (κ1) is 14.0. The number of carbonyl (C=O) groups is 1. The topological polar surface area (TPSA) is 61.5 Å². The third kappa shape index (κ3) is 3.06. The molecule has 21 heavy (non-hydrogen) atoms. The number of H-pyrrole nitrogens is 1. The summed E-state index contributed by atoms with van der Waals surface area (Å²) in [5.74, 6) is 0.615. The van der Waals surface area contributed by atoms with Crippen molar-refractivity contribution in [3.63, 3.8) is 0 Å². The van der Waals surface area contributed by atoms with Crippen LogP contribution in [0.5, 0.6) is 0 Å².